The zero-order chi connectivity index (χ0) is 21.8. The van der Waals surface area contributed by atoms with Crippen LogP contribution in [0.1, 0.15) is 29.6 Å². The summed E-state index contributed by atoms with van der Waals surface area (Å²) >= 11 is 0. The minimum Gasteiger partial charge on any atom is -0.435 e. The standard InChI is InChI=1S/C22H30F2N4O3/c23-22(24)31-19-6-4-17(5-7-19)21(30)28-10-8-25(9-11-28)16-20(29)27-14-12-26(13-15-27)18-2-1-3-18/h4-7,18,22H,1-3,8-16H2. The molecule has 4 rings (SSSR count). The van der Waals surface area contributed by atoms with Crippen molar-refractivity contribution in [1.29, 1.82) is 0 Å². The van der Waals surface area contributed by atoms with Crippen LogP contribution in [0.5, 0.6) is 5.75 Å². The summed E-state index contributed by atoms with van der Waals surface area (Å²) in [4.78, 5) is 33.7. The molecule has 0 atom stereocenters. The molecule has 0 unspecified atom stereocenters. The highest BCUT2D eigenvalue weighted by atomic mass is 19.3. The van der Waals surface area contributed by atoms with Gasteiger partial charge in [0.25, 0.3) is 5.91 Å². The number of hydrogen-bond acceptors (Lipinski definition) is 5. The number of halogens is 2. The van der Waals surface area contributed by atoms with Gasteiger partial charge in [-0.25, -0.2) is 0 Å². The molecule has 3 aliphatic rings. The Kier molecular flexibility index (Phi) is 7.02. The predicted molar refractivity (Wildman–Crippen MR) is 111 cm³/mol. The van der Waals surface area contributed by atoms with Gasteiger partial charge in [0.15, 0.2) is 0 Å². The molecule has 3 fully saturated rings. The van der Waals surface area contributed by atoms with Crippen LogP contribution in [0.3, 0.4) is 0 Å². The highest BCUT2D eigenvalue weighted by Crippen LogP contribution is 2.25. The topological polar surface area (TPSA) is 56.3 Å². The molecule has 1 aromatic rings. The van der Waals surface area contributed by atoms with E-state index in [1.54, 1.807) is 4.90 Å². The Morgan fingerprint density at radius 3 is 2.06 bits per heavy atom. The number of nitrogens with zero attached hydrogens (tertiary/aromatic N) is 4. The molecule has 2 saturated heterocycles. The van der Waals surface area contributed by atoms with Crippen molar-refractivity contribution in [2.45, 2.75) is 31.9 Å². The summed E-state index contributed by atoms with van der Waals surface area (Å²) in [5, 5.41) is 0. The van der Waals surface area contributed by atoms with Crippen molar-refractivity contribution >= 4 is 11.8 Å². The summed E-state index contributed by atoms with van der Waals surface area (Å²) in [5.74, 6) is 0.0627. The van der Waals surface area contributed by atoms with E-state index in [9.17, 15) is 18.4 Å². The van der Waals surface area contributed by atoms with Crippen molar-refractivity contribution in [3.05, 3.63) is 29.8 Å². The van der Waals surface area contributed by atoms with E-state index >= 15 is 0 Å². The number of carbonyl (C=O) groups excluding carboxylic acids is 2. The Morgan fingerprint density at radius 1 is 0.903 bits per heavy atom. The summed E-state index contributed by atoms with van der Waals surface area (Å²) < 4.78 is 28.8. The molecule has 0 aromatic heterocycles. The maximum Gasteiger partial charge on any atom is 0.387 e. The van der Waals surface area contributed by atoms with Gasteiger partial charge < -0.3 is 14.5 Å². The average molecular weight is 437 g/mol. The van der Waals surface area contributed by atoms with Gasteiger partial charge >= 0.3 is 6.61 Å². The van der Waals surface area contributed by atoms with Crippen molar-refractivity contribution in [3.8, 4) is 5.75 Å². The Morgan fingerprint density at radius 2 is 1.52 bits per heavy atom. The van der Waals surface area contributed by atoms with Gasteiger partial charge in [0.2, 0.25) is 5.91 Å². The van der Waals surface area contributed by atoms with Gasteiger partial charge in [-0.15, -0.1) is 0 Å². The van der Waals surface area contributed by atoms with Crippen LogP contribution in [0.2, 0.25) is 0 Å². The quantitative estimate of drug-likeness (QED) is 0.680. The smallest absolute Gasteiger partial charge is 0.387 e. The second-order valence-electron chi connectivity index (χ2n) is 8.47. The van der Waals surface area contributed by atoms with Gasteiger partial charge in [-0.3, -0.25) is 19.4 Å². The van der Waals surface area contributed by atoms with E-state index in [0.717, 1.165) is 32.2 Å². The molecule has 2 heterocycles. The second kappa shape index (κ2) is 9.91. The van der Waals surface area contributed by atoms with Crippen molar-refractivity contribution < 1.29 is 23.1 Å². The molecule has 1 aromatic carbocycles. The Hall–Kier alpha value is -2.26. The summed E-state index contributed by atoms with van der Waals surface area (Å²) in [5.41, 5.74) is 0.440. The lowest BCUT2D eigenvalue weighted by Gasteiger charge is -2.43. The largest absolute Gasteiger partial charge is 0.435 e. The molecule has 2 aliphatic heterocycles. The lowest BCUT2D eigenvalue weighted by Crippen LogP contribution is -2.56. The fourth-order valence-electron chi connectivity index (χ4n) is 4.45. The zero-order valence-electron chi connectivity index (χ0n) is 17.7. The number of alkyl halides is 2. The molecule has 2 amide bonds. The molecule has 0 bridgehead atoms. The second-order valence-corrected chi connectivity index (χ2v) is 8.47. The maximum absolute atomic E-state index is 12.7. The van der Waals surface area contributed by atoms with E-state index in [2.05, 4.69) is 14.5 Å². The Balaban J connectivity index is 1.19. The molecule has 0 spiro atoms. The third-order valence-electron chi connectivity index (χ3n) is 6.60. The van der Waals surface area contributed by atoms with E-state index in [-0.39, 0.29) is 17.6 Å². The fraction of sp³-hybridized carbons (Fsp3) is 0.636. The van der Waals surface area contributed by atoms with Crippen LogP contribution >= 0.6 is 0 Å². The van der Waals surface area contributed by atoms with Crippen molar-refractivity contribution in [2.75, 3.05) is 58.9 Å². The third kappa shape index (κ3) is 5.51. The normalized spacial score (nSPS) is 21.3. The summed E-state index contributed by atoms with van der Waals surface area (Å²) in [7, 11) is 0. The van der Waals surface area contributed by atoms with E-state index < -0.39 is 6.61 Å². The Bertz CT molecular complexity index is 757. The van der Waals surface area contributed by atoms with Crippen LogP contribution in [0.4, 0.5) is 8.78 Å². The van der Waals surface area contributed by atoms with Crippen molar-refractivity contribution in [1.82, 2.24) is 19.6 Å². The number of carbonyl (C=O) groups is 2. The number of benzene rings is 1. The van der Waals surface area contributed by atoms with Crippen LogP contribution in [0, 0.1) is 0 Å². The monoisotopic (exact) mass is 436 g/mol. The van der Waals surface area contributed by atoms with Crippen LogP contribution in [0.15, 0.2) is 24.3 Å². The minimum absolute atomic E-state index is 0.0309. The van der Waals surface area contributed by atoms with E-state index in [1.165, 1.54) is 43.5 Å². The first kappa shape index (κ1) is 22.0. The first-order valence-electron chi connectivity index (χ1n) is 11.1. The highest BCUT2D eigenvalue weighted by Gasteiger charge is 2.30. The maximum atomic E-state index is 12.7. The minimum atomic E-state index is -2.89. The molecular formula is C22H30F2N4O3. The number of amides is 2. The molecule has 1 aliphatic carbocycles. The molecule has 9 heteroatoms. The zero-order valence-corrected chi connectivity index (χ0v) is 17.7. The van der Waals surface area contributed by atoms with E-state index in [1.807, 2.05) is 4.90 Å². The van der Waals surface area contributed by atoms with Crippen LogP contribution in [-0.4, -0.2) is 103 Å². The number of hydrogen-bond donors (Lipinski definition) is 0. The van der Waals surface area contributed by atoms with Gasteiger partial charge in [0.1, 0.15) is 5.75 Å². The highest BCUT2D eigenvalue weighted by molar-refractivity contribution is 5.94. The van der Waals surface area contributed by atoms with E-state index in [0.29, 0.717) is 38.3 Å². The number of piperazine rings is 2. The molecule has 31 heavy (non-hydrogen) atoms. The first-order chi connectivity index (χ1) is 15.0. The summed E-state index contributed by atoms with van der Waals surface area (Å²) in [6.45, 7) is 3.43. The van der Waals surface area contributed by atoms with Gasteiger partial charge in [-0.2, -0.15) is 8.78 Å². The lowest BCUT2D eigenvalue weighted by atomic mass is 9.91. The predicted octanol–water partition coefficient (Wildman–Crippen LogP) is 1.74. The molecule has 1 saturated carbocycles. The SMILES string of the molecule is O=C(CN1CCN(C(=O)c2ccc(OC(F)F)cc2)CC1)N1CCN(C2CCC2)CC1. The molecule has 7 nitrogen and oxygen atoms in total. The van der Waals surface area contributed by atoms with Gasteiger partial charge in [-0.1, -0.05) is 6.42 Å². The van der Waals surface area contributed by atoms with Gasteiger partial charge in [0.05, 0.1) is 6.54 Å². The van der Waals surface area contributed by atoms with Crippen LogP contribution in [0.25, 0.3) is 0 Å². The first-order valence-corrected chi connectivity index (χ1v) is 11.1. The van der Waals surface area contributed by atoms with Gasteiger partial charge in [0, 0.05) is 64.0 Å². The van der Waals surface area contributed by atoms with E-state index in [4.69, 9.17) is 0 Å². The van der Waals surface area contributed by atoms with Crippen LogP contribution in [-0.2, 0) is 4.79 Å². The molecular weight excluding hydrogens is 406 g/mol. The van der Waals surface area contributed by atoms with Gasteiger partial charge in [-0.05, 0) is 37.1 Å². The Labute approximate surface area is 181 Å². The third-order valence-corrected chi connectivity index (χ3v) is 6.60. The summed E-state index contributed by atoms with van der Waals surface area (Å²) in [6.07, 6.45) is 3.92. The van der Waals surface area contributed by atoms with Crippen molar-refractivity contribution in [2.24, 2.45) is 0 Å². The number of ether oxygens (including phenoxy) is 1. The van der Waals surface area contributed by atoms with Crippen LogP contribution < -0.4 is 4.74 Å². The molecule has 170 valence electrons. The summed E-state index contributed by atoms with van der Waals surface area (Å²) in [6, 6.07) is 6.48. The molecule has 0 N–H and O–H groups in total. The molecule has 0 radical (unpaired) electrons. The average Bonchev–Trinajstić information content (AvgIpc) is 2.73. The van der Waals surface area contributed by atoms with Crippen molar-refractivity contribution in [3.63, 3.8) is 0 Å². The fourth-order valence-corrected chi connectivity index (χ4v) is 4.45. The lowest BCUT2D eigenvalue weighted by molar-refractivity contribution is -0.135. The number of rotatable bonds is 6.